The fraction of sp³-hybridized carbons (Fsp3) is 0.364. The molecule has 15 heavy (non-hydrogen) atoms. The maximum absolute atomic E-state index is 10.3. The Morgan fingerprint density at radius 2 is 1.73 bits per heavy atom. The molecule has 0 aliphatic carbocycles. The number of benzene rings is 1. The molecule has 2 rings (SSSR count). The van der Waals surface area contributed by atoms with Gasteiger partial charge in [0.15, 0.2) is 0 Å². The van der Waals surface area contributed by atoms with Crippen molar-refractivity contribution in [3.63, 3.8) is 0 Å². The Labute approximate surface area is 89.5 Å². The molecule has 1 aliphatic rings. The van der Waals surface area contributed by atoms with Crippen LogP contribution < -0.4 is 10.3 Å². The predicted molar refractivity (Wildman–Crippen MR) is 59.4 cm³/mol. The number of hydrogen-bond donors (Lipinski definition) is 1. The molecule has 4 heteroatoms. The summed E-state index contributed by atoms with van der Waals surface area (Å²) in [6.45, 7) is 3.64. The van der Waals surface area contributed by atoms with Gasteiger partial charge < -0.3 is 4.90 Å². The summed E-state index contributed by atoms with van der Waals surface area (Å²) in [5.41, 5.74) is 3.94. The molecular formula is C11H15N3O. The number of amides is 1. The molecule has 0 unspecified atom stereocenters. The Hall–Kier alpha value is -1.55. The average Bonchev–Trinajstić information content (AvgIpc) is 2.32. The Bertz CT molecular complexity index is 307. The van der Waals surface area contributed by atoms with Gasteiger partial charge in [-0.25, -0.2) is 5.01 Å². The van der Waals surface area contributed by atoms with Crippen molar-refractivity contribution < 1.29 is 4.79 Å². The van der Waals surface area contributed by atoms with E-state index in [0.717, 1.165) is 32.6 Å². The minimum absolute atomic E-state index is 0.734. The molecule has 1 aliphatic heterocycles. The summed E-state index contributed by atoms with van der Waals surface area (Å²) in [7, 11) is 0. The van der Waals surface area contributed by atoms with Gasteiger partial charge in [0.25, 0.3) is 0 Å². The zero-order valence-electron chi connectivity index (χ0n) is 8.60. The summed E-state index contributed by atoms with van der Waals surface area (Å²) in [5.74, 6) is 0. The van der Waals surface area contributed by atoms with E-state index >= 15 is 0 Å². The summed E-state index contributed by atoms with van der Waals surface area (Å²) in [4.78, 5) is 12.6. The van der Waals surface area contributed by atoms with Crippen molar-refractivity contribution >= 4 is 12.1 Å². The first-order valence-electron chi connectivity index (χ1n) is 5.15. The van der Waals surface area contributed by atoms with E-state index in [1.165, 1.54) is 5.69 Å². The van der Waals surface area contributed by atoms with Gasteiger partial charge in [0.1, 0.15) is 0 Å². The lowest BCUT2D eigenvalue weighted by molar-refractivity contribution is -0.113. The van der Waals surface area contributed by atoms with Gasteiger partial charge in [0.2, 0.25) is 6.41 Å². The van der Waals surface area contributed by atoms with Crippen LogP contribution in [0.15, 0.2) is 30.3 Å². The minimum atomic E-state index is 0.734. The van der Waals surface area contributed by atoms with Gasteiger partial charge in [-0.3, -0.25) is 10.2 Å². The molecular weight excluding hydrogens is 190 g/mol. The first-order valence-corrected chi connectivity index (χ1v) is 5.15. The summed E-state index contributed by atoms with van der Waals surface area (Å²) in [5, 5.41) is 1.94. The van der Waals surface area contributed by atoms with Crippen molar-refractivity contribution in [3.8, 4) is 0 Å². The molecule has 1 N–H and O–H groups in total. The molecule has 80 valence electrons. The molecule has 4 nitrogen and oxygen atoms in total. The Kier molecular flexibility index (Phi) is 3.19. The number of hydrogen-bond acceptors (Lipinski definition) is 3. The van der Waals surface area contributed by atoms with Crippen LogP contribution in [0.25, 0.3) is 0 Å². The van der Waals surface area contributed by atoms with Crippen molar-refractivity contribution in [1.29, 1.82) is 0 Å². The molecule has 1 fully saturated rings. The van der Waals surface area contributed by atoms with Crippen LogP contribution in [-0.4, -0.2) is 37.6 Å². The summed E-state index contributed by atoms with van der Waals surface area (Å²) in [6.07, 6.45) is 0.734. The highest BCUT2D eigenvalue weighted by atomic mass is 16.1. The second-order valence-electron chi connectivity index (χ2n) is 3.56. The first-order chi connectivity index (χ1) is 7.40. The lowest BCUT2D eigenvalue weighted by Crippen LogP contribution is -2.51. The van der Waals surface area contributed by atoms with Crippen molar-refractivity contribution in [3.05, 3.63) is 30.3 Å². The number of nitrogens with zero attached hydrogens (tertiary/aromatic N) is 2. The fourth-order valence-electron chi connectivity index (χ4n) is 1.81. The van der Waals surface area contributed by atoms with Crippen LogP contribution in [0, 0.1) is 0 Å². The normalized spacial score (nSPS) is 17.5. The second-order valence-corrected chi connectivity index (χ2v) is 3.56. The van der Waals surface area contributed by atoms with Crippen molar-refractivity contribution in [2.45, 2.75) is 0 Å². The largest absolute Gasteiger partial charge is 0.369 e. The SMILES string of the molecule is O=CNN1CCN(c2ccccc2)CC1. The quantitative estimate of drug-likeness (QED) is 0.729. The van der Waals surface area contributed by atoms with Crippen LogP contribution in [0.3, 0.4) is 0 Å². The maximum atomic E-state index is 10.3. The van der Waals surface area contributed by atoms with Gasteiger partial charge in [-0.05, 0) is 12.1 Å². The van der Waals surface area contributed by atoms with E-state index in [9.17, 15) is 4.79 Å². The molecule has 1 saturated heterocycles. The van der Waals surface area contributed by atoms with E-state index < -0.39 is 0 Å². The minimum Gasteiger partial charge on any atom is -0.369 e. The summed E-state index contributed by atoms with van der Waals surface area (Å²) < 4.78 is 0. The van der Waals surface area contributed by atoms with Crippen LogP contribution in [-0.2, 0) is 4.79 Å². The average molecular weight is 205 g/mol. The molecule has 1 amide bonds. The second kappa shape index (κ2) is 4.79. The van der Waals surface area contributed by atoms with E-state index in [2.05, 4.69) is 22.5 Å². The first kappa shape index (κ1) is 9.98. The maximum Gasteiger partial charge on any atom is 0.221 e. The number of carbonyl (C=O) groups is 1. The Morgan fingerprint density at radius 3 is 2.33 bits per heavy atom. The van der Waals surface area contributed by atoms with Crippen LogP contribution in [0.5, 0.6) is 0 Å². The molecule has 0 bridgehead atoms. The van der Waals surface area contributed by atoms with Crippen LogP contribution in [0.4, 0.5) is 5.69 Å². The van der Waals surface area contributed by atoms with Gasteiger partial charge in [-0.1, -0.05) is 18.2 Å². The number of hydrazine groups is 1. The van der Waals surface area contributed by atoms with Crippen LogP contribution in [0.2, 0.25) is 0 Å². The monoisotopic (exact) mass is 205 g/mol. The van der Waals surface area contributed by atoms with E-state index in [-0.39, 0.29) is 0 Å². The van der Waals surface area contributed by atoms with Gasteiger partial charge >= 0.3 is 0 Å². The van der Waals surface area contributed by atoms with Gasteiger partial charge in [-0.2, -0.15) is 0 Å². The molecule has 0 spiro atoms. The van der Waals surface area contributed by atoms with Gasteiger partial charge in [0.05, 0.1) is 0 Å². The van der Waals surface area contributed by atoms with Gasteiger partial charge in [0, 0.05) is 31.9 Å². The topological polar surface area (TPSA) is 35.6 Å². The molecule has 1 heterocycles. The lowest BCUT2D eigenvalue weighted by atomic mass is 10.2. The molecule has 0 aromatic heterocycles. The number of carbonyl (C=O) groups excluding carboxylic acids is 1. The molecule has 0 radical (unpaired) electrons. The summed E-state index contributed by atoms with van der Waals surface area (Å²) in [6, 6.07) is 10.3. The highest BCUT2D eigenvalue weighted by Gasteiger charge is 2.15. The van der Waals surface area contributed by atoms with Gasteiger partial charge in [-0.15, -0.1) is 0 Å². The third-order valence-electron chi connectivity index (χ3n) is 2.64. The lowest BCUT2D eigenvalue weighted by Gasteiger charge is -2.35. The number of piperazine rings is 1. The van der Waals surface area contributed by atoms with E-state index in [1.807, 2.05) is 23.2 Å². The van der Waals surface area contributed by atoms with E-state index in [0.29, 0.717) is 0 Å². The number of rotatable bonds is 3. The van der Waals surface area contributed by atoms with Crippen LogP contribution >= 0.6 is 0 Å². The molecule has 0 saturated carbocycles. The molecule has 1 aromatic rings. The van der Waals surface area contributed by atoms with Crippen molar-refractivity contribution in [2.75, 3.05) is 31.1 Å². The molecule has 1 aromatic carbocycles. The third kappa shape index (κ3) is 2.47. The Morgan fingerprint density at radius 1 is 1.07 bits per heavy atom. The van der Waals surface area contributed by atoms with Crippen molar-refractivity contribution in [2.24, 2.45) is 0 Å². The van der Waals surface area contributed by atoms with E-state index in [4.69, 9.17) is 0 Å². The predicted octanol–water partition coefficient (Wildman–Crippen LogP) is 0.470. The number of nitrogens with one attached hydrogen (secondary N) is 1. The highest BCUT2D eigenvalue weighted by Crippen LogP contribution is 2.14. The van der Waals surface area contributed by atoms with E-state index in [1.54, 1.807) is 0 Å². The zero-order valence-corrected chi connectivity index (χ0v) is 8.60. The standard InChI is InChI=1S/C11H15N3O/c15-10-12-14-8-6-13(7-9-14)11-4-2-1-3-5-11/h1-5,10H,6-9H2,(H,12,15). The molecule has 0 atom stereocenters. The summed E-state index contributed by atoms with van der Waals surface area (Å²) >= 11 is 0. The third-order valence-corrected chi connectivity index (χ3v) is 2.64. The Balaban J connectivity index is 1.91. The fourth-order valence-corrected chi connectivity index (χ4v) is 1.81. The number of anilines is 1. The van der Waals surface area contributed by atoms with Crippen LogP contribution in [0.1, 0.15) is 0 Å². The highest BCUT2D eigenvalue weighted by molar-refractivity contribution is 5.47. The van der Waals surface area contributed by atoms with Crippen molar-refractivity contribution in [1.82, 2.24) is 10.4 Å². The number of para-hydroxylation sites is 1. The zero-order chi connectivity index (χ0) is 10.5. The smallest absolute Gasteiger partial charge is 0.221 e.